The lowest BCUT2D eigenvalue weighted by atomic mass is 10.2. The molecular formula is C12H17FN2O2S3. The Bertz CT molecular complexity index is 615. The van der Waals surface area contributed by atoms with Gasteiger partial charge in [-0.05, 0) is 38.3 Å². The third-order valence-electron chi connectivity index (χ3n) is 2.75. The maximum atomic E-state index is 13.5. The molecule has 0 aliphatic carbocycles. The summed E-state index contributed by atoms with van der Waals surface area (Å²) in [5.74, 6) is -0.638. The van der Waals surface area contributed by atoms with Gasteiger partial charge in [0.25, 0.3) is 0 Å². The van der Waals surface area contributed by atoms with Crippen LogP contribution in [0.1, 0.15) is 19.4 Å². The molecule has 0 aromatic heterocycles. The first kappa shape index (κ1) is 17.4. The molecule has 8 heteroatoms. The van der Waals surface area contributed by atoms with Gasteiger partial charge in [0.05, 0.1) is 4.90 Å². The van der Waals surface area contributed by atoms with Crippen LogP contribution >= 0.6 is 24.0 Å². The lowest BCUT2D eigenvalue weighted by molar-refractivity contribution is 0.570. The summed E-state index contributed by atoms with van der Waals surface area (Å²) in [6.07, 6.45) is 1.90. The molecule has 0 aliphatic rings. The minimum atomic E-state index is -3.72. The molecule has 0 aliphatic heterocycles. The van der Waals surface area contributed by atoms with E-state index >= 15 is 0 Å². The predicted molar refractivity (Wildman–Crippen MR) is 85.1 cm³/mol. The Balaban J connectivity index is 3.05. The van der Waals surface area contributed by atoms with Crippen LogP contribution in [-0.4, -0.2) is 31.0 Å². The average Bonchev–Trinajstić information content (AvgIpc) is 2.36. The van der Waals surface area contributed by atoms with E-state index in [1.165, 1.54) is 6.07 Å². The number of nitrogens with two attached hydrogens (primary N) is 1. The lowest BCUT2D eigenvalue weighted by Gasteiger charge is -2.22. The molecule has 0 saturated carbocycles. The van der Waals surface area contributed by atoms with Gasteiger partial charge in [-0.15, -0.1) is 0 Å². The van der Waals surface area contributed by atoms with Crippen molar-refractivity contribution in [3.05, 3.63) is 29.6 Å². The number of rotatable bonds is 6. The summed E-state index contributed by atoms with van der Waals surface area (Å²) in [7, 11) is -3.72. The van der Waals surface area contributed by atoms with Gasteiger partial charge in [-0.25, -0.2) is 17.5 Å². The molecule has 1 rings (SSSR count). The van der Waals surface area contributed by atoms with E-state index in [4.69, 9.17) is 18.0 Å². The standard InChI is InChI=1S/C12H17FN2O2S3/c1-12(2,19-3)7-15-20(16,17)8-4-5-10(13)9(6-8)11(14)18/h4-6,15H,7H2,1-3H3,(H2,14,18). The van der Waals surface area contributed by atoms with Crippen LogP contribution in [0.4, 0.5) is 4.39 Å². The first-order chi connectivity index (χ1) is 9.09. The molecule has 1 aromatic rings. The van der Waals surface area contributed by atoms with E-state index in [-0.39, 0.29) is 26.7 Å². The third kappa shape index (κ3) is 4.41. The predicted octanol–water partition coefficient (Wildman–Crippen LogP) is 1.88. The summed E-state index contributed by atoms with van der Waals surface area (Å²) < 4.78 is 40.0. The van der Waals surface area contributed by atoms with Crippen LogP contribution in [0.15, 0.2) is 23.1 Å². The molecule has 0 saturated heterocycles. The van der Waals surface area contributed by atoms with Crippen molar-refractivity contribution in [2.24, 2.45) is 5.73 Å². The van der Waals surface area contributed by atoms with Crippen LogP contribution in [0.3, 0.4) is 0 Å². The summed E-state index contributed by atoms with van der Waals surface area (Å²) >= 11 is 6.24. The van der Waals surface area contributed by atoms with E-state index in [0.29, 0.717) is 0 Å². The Kier molecular flexibility index (Phi) is 5.54. The average molecular weight is 336 g/mol. The number of sulfonamides is 1. The molecule has 112 valence electrons. The Morgan fingerprint density at radius 1 is 1.50 bits per heavy atom. The van der Waals surface area contributed by atoms with Gasteiger partial charge < -0.3 is 5.73 Å². The topological polar surface area (TPSA) is 72.2 Å². The van der Waals surface area contributed by atoms with Crippen molar-refractivity contribution in [1.29, 1.82) is 0 Å². The number of nitrogens with one attached hydrogen (secondary N) is 1. The summed E-state index contributed by atoms with van der Waals surface area (Å²) in [6.45, 7) is 4.10. The van der Waals surface area contributed by atoms with Crippen LogP contribution in [0.2, 0.25) is 0 Å². The Labute approximate surface area is 128 Å². The minimum absolute atomic E-state index is 0.0568. The zero-order valence-electron chi connectivity index (χ0n) is 11.4. The highest BCUT2D eigenvalue weighted by Gasteiger charge is 2.22. The molecule has 0 radical (unpaired) electrons. The molecule has 0 bridgehead atoms. The zero-order chi connectivity index (χ0) is 15.6. The van der Waals surface area contributed by atoms with Gasteiger partial charge in [0.2, 0.25) is 10.0 Å². The first-order valence-electron chi connectivity index (χ1n) is 5.73. The van der Waals surface area contributed by atoms with Gasteiger partial charge in [0.1, 0.15) is 10.8 Å². The zero-order valence-corrected chi connectivity index (χ0v) is 13.9. The molecule has 0 unspecified atom stereocenters. The van der Waals surface area contributed by atoms with Crippen molar-refractivity contribution in [2.75, 3.05) is 12.8 Å². The molecule has 0 spiro atoms. The molecule has 20 heavy (non-hydrogen) atoms. The molecule has 1 aromatic carbocycles. The second-order valence-corrected chi connectivity index (χ2v) is 8.51. The number of benzene rings is 1. The Hall–Kier alpha value is -0.700. The largest absolute Gasteiger partial charge is 0.389 e. The number of thiocarbonyl (C=S) groups is 1. The normalized spacial score (nSPS) is 12.4. The highest BCUT2D eigenvalue weighted by atomic mass is 32.2. The van der Waals surface area contributed by atoms with Gasteiger partial charge in [0, 0.05) is 16.9 Å². The fourth-order valence-electron chi connectivity index (χ4n) is 1.28. The van der Waals surface area contributed by atoms with Crippen molar-refractivity contribution >= 4 is 39.0 Å². The van der Waals surface area contributed by atoms with Crippen LogP contribution in [-0.2, 0) is 10.0 Å². The molecule has 0 heterocycles. The number of hydrogen-bond acceptors (Lipinski definition) is 4. The minimum Gasteiger partial charge on any atom is -0.389 e. The van der Waals surface area contributed by atoms with Gasteiger partial charge in [-0.2, -0.15) is 11.8 Å². The van der Waals surface area contributed by atoms with Crippen molar-refractivity contribution in [1.82, 2.24) is 4.72 Å². The van der Waals surface area contributed by atoms with Gasteiger partial charge in [0.15, 0.2) is 0 Å². The summed E-state index contributed by atoms with van der Waals surface area (Å²) in [4.78, 5) is -0.234. The third-order valence-corrected chi connectivity index (χ3v) is 5.62. The van der Waals surface area contributed by atoms with Crippen LogP contribution in [0.5, 0.6) is 0 Å². The molecule has 0 amide bonds. The summed E-state index contributed by atoms with van der Waals surface area (Å²) in [6, 6.07) is 3.38. The van der Waals surface area contributed by atoms with Crippen molar-refractivity contribution in [3.8, 4) is 0 Å². The fourth-order valence-corrected chi connectivity index (χ4v) is 2.99. The monoisotopic (exact) mass is 336 g/mol. The molecule has 0 atom stereocenters. The first-order valence-corrected chi connectivity index (χ1v) is 8.85. The molecule has 0 fully saturated rings. The number of thioether (sulfide) groups is 1. The van der Waals surface area contributed by atoms with Crippen molar-refractivity contribution < 1.29 is 12.8 Å². The molecule has 4 nitrogen and oxygen atoms in total. The summed E-state index contributed by atoms with van der Waals surface area (Å²) in [5.41, 5.74) is 5.29. The molecule has 3 N–H and O–H groups in total. The van der Waals surface area contributed by atoms with E-state index in [2.05, 4.69) is 4.72 Å². The Morgan fingerprint density at radius 3 is 2.60 bits per heavy atom. The van der Waals surface area contributed by atoms with E-state index in [1.807, 2.05) is 20.1 Å². The maximum Gasteiger partial charge on any atom is 0.240 e. The van der Waals surface area contributed by atoms with Crippen LogP contribution in [0.25, 0.3) is 0 Å². The quantitative estimate of drug-likeness (QED) is 0.776. The fraction of sp³-hybridized carbons (Fsp3) is 0.417. The van der Waals surface area contributed by atoms with E-state index in [9.17, 15) is 12.8 Å². The van der Waals surface area contributed by atoms with Crippen LogP contribution < -0.4 is 10.5 Å². The van der Waals surface area contributed by atoms with Crippen LogP contribution in [0, 0.1) is 5.82 Å². The maximum absolute atomic E-state index is 13.5. The van der Waals surface area contributed by atoms with E-state index in [1.54, 1.807) is 11.8 Å². The van der Waals surface area contributed by atoms with E-state index in [0.717, 1.165) is 12.1 Å². The highest BCUT2D eigenvalue weighted by molar-refractivity contribution is 8.00. The van der Waals surface area contributed by atoms with Crippen molar-refractivity contribution in [3.63, 3.8) is 0 Å². The second kappa shape index (κ2) is 6.38. The van der Waals surface area contributed by atoms with E-state index < -0.39 is 15.8 Å². The SMILES string of the molecule is CSC(C)(C)CNS(=O)(=O)c1ccc(F)c(C(N)=S)c1. The number of hydrogen-bond donors (Lipinski definition) is 2. The van der Waals surface area contributed by atoms with Gasteiger partial charge in [-0.1, -0.05) is 12.2 Å². The van der Waals surface area contributed by atoms with Gasteiger partial charge in [-0.3, -0.25) is 0 Å². The smallest absolute Gasteiger partial charge is 0.240 e. The number of halogens is 1. The van der Waals surface area contributed by atoms with Gasteiger partial charge >= 0.3 is 0 Å². The van der Waals surface area contributed by atoms with Crippen molar-refractivity contribution in [2.45, 2.75) is 23.5 Å². The lowest BCUT2D eigenvalue weighted by Crippen LogP contribution is -2.36. The Morgan fingerprint density at radius 2 is 2.10 bits per heavy atom. The second-order valence-electron chi connectivity index (χ2n) is 4.79. The highest BCUT2D eigenvalue weighted by Crippen LogP contribution is 2.21. The summed E-state index contributed by atoms with van der Waals surface area (Å²) in [5, 5.41) is 0. The molecular weight excluding hydrogens is 319 g/mol.